The zero-order chi connectivity index (χ0) is 79.1. The van der Waals surface area contributed by atoms with Crippen molar-refractivity contribution in [1.29, 1.82) is 5.41 Å². The van der Waals surface area contributed by atoms with E-state index in [4.69, 9.17) is 55.1 Å². The van der Waals surface area contributed by atoms with Crippen molar-refractivity contribution in [2.45, 2.75) is 138 Å². The van der Waals surface area contributed by atoms with Crippen molar-refractivity contribution in [1.82, 2.24) is 0 Å². The van der Waals surface area contributed by atoms with Crippen molar-refractivity contribution in [2.75, 3.05) is 49.7 Å². The average Bonchev–Trinajstić information content (AvgIpc) is 1.62. The molecule has 0 spiro atoms. The lowest BCUT2D eigenvalue weighted by atomic mass is 9.93. The lowest BCUT2D eigenvalue weighted by molar-refractivity contribution is -0.158. The predicted molar refractivity (Wildman–Crippen MR) is 416 cm³/mol. The highest BCUT2D eigenvalue weighted by Gasteiger charge is 2.53. The van der Waals surface area contributed by atoms with Crippen molar-refractivity contribution in [3.8, 4) is 23.0 Å². The van der Waals surface area contributed by atoms with Crippen molar-refractivity contribution in [3.05, 3.63) is 179 Å². The van der Waals surface area contributed by atoms with Gasteiger partial charge in [-0.3, -0.25) is 38.4 Å². The number of carbonyl (C=O) groups excluding carboxylic acids is 8. The van der Waals surface area contributed by atoms with Crippen LogP contribution in [0.15, 0.2) is 157 Å². The first-order valence-electron chi connectivity index (χ1n) is 35.8. The van der Waals surface area contributed by atoms with E-state index in [9.17, 15) is 43.8 Å². The van der Waals surface area contributed by atoms with Crippen LogP contribution >= 0.6 is 0 Å². The normalized spacial score (nSPS) is 24.9. The Balaban J connectivity index is 1.26. The summed E-state index contributed by atoms with van der Waals surface area (Å²) in [6, 6.07) is 20.1. The molecule has 0 unspecified atom stereocenters. The fraction of sp³-hybridized carbons (Fsp3) is 0.393. The summed E-state index contributed by atoms with van der Waals surface area (Å²) in [7, 11) is 6.00. The van der Waals surface area contributed by atoms with E-state index in [1.54, 1.807) is 217 Å². The van der Waals surface area contributed by atoms with Crippen molar-refractivity contribution < 1.29 is 76.3 Å². The third-order valence-electron chi connectivity index (χ3n) is 17.9. The van der Waals surface area contributed by atoms with E-state index < -0.39 is 117 Å². The number of allylic oxidation sites excluding steroid dienone is 15. The van der Waals surface area contributed by atoms with E-state index >= 15 is 0 Å². The third kappa shape index (κ3) is 20.6. The van der Waals surface area contributed by atoms with Gasteiger partial charge < -0.3 is 81.8 Å². The Morgan fingerprint density at radius 2 is 0.694 bits per heavy atom. The molecular weight excluding hydrogens is 1380 g/mol. The summed E-state index contributed by atoms with van der Waals surface area (Å²) in [6.45, 7) is 20.9. The van der Waals surface area contributed by atoms with Gasteiger partial charge in [0.05, 0.1) is 115 Å². The second-order valence-corrected chi connectivity index (χ2v) is 31.1. The maximum absolute atomic E-state index is 14.5. The molecule has 24 heteroatoms. The van der Waals surface area contributed by atoms with E-state index in [1.165, 1.54) is 34.5 Å². The van der Waals surface area contributed by atoms with Gasteiger partial charge in [0.2, 0.25) is 23.6 Å². The molecule has 0 radical (unpaired) electrons. The standard InChI is InChI=1S/C84H100N8O16/c1-81(2,3)105-77(97)51-41-47(51)73(93)89-59-33-21-34-60(90-74(94)48-42-52(48)78(98)106-82(4,5)6)71(59)69-55(85)29-17-25-45(67-63(101-13)37-23-38-64(67)102-14)27-19-31-57(87)70(58(88)32-20-28-46(26-18-30-56(69)86)68-65(103-15)39-24-40-66(68)104-16)72-61(91-75(95)49-43-53(49)79(99)107-83(7,8)9)35-22-36-62(72)92-76(96)50-44-54(50)80(100)108-84(10,11)12/h17-27,29-40,47-54,85H,28,41-44,86-88H2,1-16H3,(H,89,93)(H,90,94)(H,91,95)(H,92,96)/b27-19+,29-17-,30-18-,32-20-,45-25-,46-26-,57-31-,69-56+,70-58+,85-55?/t47-,48-,49-,50-,51-,52-,53-,54-/m1/s1. The minimum absolute atomic E-state index is 0.00728. The molecule has 4 saturated carbocycles. The molecule has 572 valence electrons. The van der Waals surface area contributed by atoms with Gasteiger partial charge in [0, 0.05) is 39.4 Å². The highest BCUT2D eigenvalue weighted by molar-refractivity contribution is 6.32. The van der Waals surface area contributed by atoms with Crippen LogP contribution in [0.5, 0.6) is 23.0 Å². The number of methoxy groups -OCH3 is 4. The number of amides is 4. The zero-order valence-electron chi connectivity index (χ0n) is 64.2. The van der Waals surface area contributed by atoms with Gasteiger partial charge in [-0.2, -0.15) is 0 Å². The molecule has 4 fully saturated rings. The third-order valence-corrected chi connectivity index (χ3v) is 17.9. The Morgan fingerprint density at radius 1 is 0.380 bits per heavy atom. The number of rotatable bonds is 20. The van der Waals surface area contributed by atoms with Crippen molar-refractivity contribution >= 4 is 98.3 Å². The van der Waals surface area contributed by atoms with E-state index in [-0.39, 0.29) is 99.9 Å². The van der Waals surface area contributed by atoms with Crippen LogP contribution < -0.4 is 57.4 Å². The first-order chi connectivity index (χ1) is 50.8. The topological polar surface area (TPSA) is 360 Å². The van der Waals surface area contributed by atoms with Gasteiger partial charge in [-0.15, -0.1) is 0 Å². The molecule has 9 rings (SSSR count). The quantitative estimate of drug-likeness (QED) is 0.0301. The Labute approximate surface area is 630 Å². The van der Waals surface area contributed by atoms with Gasteiger partial charge in [0.1, 0.15) is 45.4 Å². The summed E-state index contributed by atoms with van der Waals surface area (Å²) in [4.78, 5) is 111. The van der Waals surface area contributed by atoms with Crippen LogP contribution in [0.4, 0.5) is 22.7 Å². The molecule has 108 heavy (non-hydrogen) atoms. The largest absolute Gasteiger partial charge is 0.496 e. The molecule has 4 aromatic carbocycles. The van der Waals surface area contributed by atoms with Gasteiger partial charge in [0.25, 0.3) is 0 Å². The molecule has 5 aliphatic rings. The summed E-state index contributed by atoms with van der Waals surface area (Å²) in [6.07, 6.45) is 18.8. The smallest absolute Gasteiger partial charge is 0.310 e. The number of esters is 4. The van der Waals surface area contributed by atoms with Crippen LogP contribution in [0, 0.1) is 52.8 Å². The van der Waals surface area contributed by atoms with Crippen LogP contribution in [-0.2, 0) is 57.3 Å². The summed E-state index contributed by atoms with van der Waals surface area (Å²) >= 11 is 0. The number of carbonyl (C=O) groups is 8. The molecule has 0 bridgehead atoms. The molecule has 0 aromatic heterocycles. The van der Waals surface area contributed by atoms with Crippen LogP contribution in [0.2, 0.25) is 0 Å². The monoisotopic (exact) mass is 1480 g/mol. The van der Waals surface area contributed by atoms with E-state index in [0.29, 0.717) is 45.3 Å². The molecule has 0 aliphatic heterocycles. The first-order valence-corrected chi connectivity index (χ1v) is 35.8. The molecule has 4 aromatic rings. The SMILES string of the molecule is COc1cccc(OC)c1C1=C\C=C/C(=N)/C(c2c(NC(=O)[C@@H]3C[C@H]3C(=O)OC(C)(C)C)cccc2NC(=O)[C@@H]2C[C@H]2C(=O)OC(C)(C)C)=C(N)/C=C\C=C(/c2c(OC)cccc2OC)C/C=C\C(N)=C(c2c(NC(=O)[C@@H]3C[C@H]3C(=O)OC(C)(C)C)cccc2NC(=O)[C@@H]2C[C@H]2C(=O)OC(C)(C)C)\C(N)=C\C=C\1. The van der Waals surface area contributed by atoms with Gasteiger partial charge in [-0.1, -0.05) is 66.8 Å². The van der Waals surface area contributed by atoms with Crippen LogP contribution in [0.25, 0.3) is 22.3 Å². The highest BCUT2D eigenvalue weighted by atomic mass is 16.6. The predicted octanol–water partition coefficient (Wildman–Crippen LogP) is 13.1. The van der Waals surface area contributed by atoms with Gasteiger partial charge in [-0.05, 0) is 199 Å². The minimum Gasteiger partial charge on any atom is -0.496 e. The van der Waals surface area contributed by atoms with Gasteiger partial charge in [-0.25, -0.2) is 0 Å². The number of hydrogen-bond donors (Lipinski definition) is 8. The van der Waals surface area contributed by atoms with Crippen LogP contribution in [0.1, 0.15) is 137 Å². The lowest BCUT2D eigenvalue weighted by Gasteiger charge is -2.21. The number of nitrogens with one attached hydrogen (secondary N) is 5. The fourth-order valence-corrected chi connectivity index (χ4v) is 12.5. The minimum atomic E-state index is -0.817. The zero-order valence-corrected chi connectivity index (χ0v) is 64.2. The van der Waals surface area contributed by atoms with Crippen molar-refractivity contribution in [2.24, 2.45) is 64.5 Å². The molecule has 24 nitrogen and oxygen atoms in total. The van der Waals surface area contributed by atoms with E-state index in [0.717, 1.165) is 0 Å². The maximum Gasteiger partial charge on any atom is 0.310 e. The summed E-state index contributed by atoms with van der Waals surface area (Å²) in [5, 5.41) is 22.2. The van der Waals surface area contributed by atoms with E-state index in [1.807, 2.05) is 0 Å². The van der Waals surface area contributed by atoms with Gasteiger partial charge >= 0.3 is 23.9 Å². The van der Waals surface area contributed by atoms with Gasteiger partial charge in [0.15, 0.2) is 0 Å². The molecule has 4 amide bonds. The fourth-order valence-electron chi connectivity index (χ4n) is 12.5. The number of hydrogen-bond acceptors (Lipinski definition) is 20. The van der Waals surface area contributed by atoms with E-state index in [2.05, 4.69) is 21.3 Å². The van der Waals surface area contributed by atoms with Crippen molar-refractivity contribution in [3.63, 3.8) is 0 Å². The second kappa shape index (κ2) is 33.2. The molecule has 11 N–H and O–H groups in total. The molecule has 5 aliphatic carbocycles. The lowest BCUT2D eigenvalue weighted by Crippen LogP contribution is -2.27. The number of ether oxygens (including phenoxy) is 8. The molecular formula is C84H100N8O16. The Kier molecular flexibility index (Phi) is 24.8. The Bertz CT molecular complexity index is 4350. The summed E-state index contributed by atoms with van der Waals surface area (Å²) in [5.41, 5.74) is 21.5. The summed E-state index contributed by atoms with van der Waals surface area (Å²) < 4.78 is 46.5. The maximum atomic E-state index is 14.5. The van der Waals surface area contributed by atoms with Crippen LogP contribution in [-0.4, -0.2) is 104 Å². The Morgan fingerprint density at radius 3 is 1.05 bits per heavy atom. The Hall–Kier alpha value is -11.4. The second-order valence-electron chi connectivity index (χ2n) is 31.1. The van der Waals surface area contributed by atoms with Crippen LogP contribution in [0.3, 0.4) is 0 Å². The average molecular weight is 1480 g/mol. The summed E-state index contributed by atoms with van der Waals surface area (Å²) in [5.74, 6) is -8.70. The molecule has 8 atom stereocenters. The number of benzene rings is 4. The molecule has 0 heterocycles. The number of nitrogens with two attached hydrogens (primary N) is 3. The molecule has 0 saturated heterocycles. The highest BCUT2D eigenvalue weighted by Crippen LogP contribution is 2.48. The first kappa shape index (κ1) is 80.7. The number of anilines is 4.